The molecular weight excluding hydrogens is 200 g/mol. The Kier molecular flexibility index (Phi) is 4.98. The van der Waals surface area contributed by atoms with Crippen molar-refractivity contribution >= 4 is 16.1 Å². The maximum Gasteiger partial charge on any atom is 0.130 e. The van der Waals surface area contributed by atoms with Crippen molar-refractivity contribution in [3.8, 4) is 23.3 Å². The van der Waals surface area contributed by atoms with Gasteiger partial charge in [0.15, 0.2) is 0 Å². The summed E-state index contributed by atoms with van der Waals surface area (Å²) in [5, 5.41) is 0. The van der Waals surface area contributed by atoms with Gasteiger partial charge in [0.1, 0.15) is 8.07 Å². The predicted octanol–water partition coefficient (Wildman–Crippen LogP) is 3.30. The van der Waals surface area contributed by atoms with E-state index in [1.807, 2.05) is 6.08 Å². The highest BCUT2D eigenvalue weighted by Crippen LogP contribution is 2.00. The molecule has 0 aromatic heterocycles. The van der Waals surface area contributed by atoms with E-state index in [0.717, 1.165) is 0 Å². The monoisotopic (exact) mass is 220 g/mol. The molecule has 0 rings (SSSR count). The summed E-state index contributed by atoms with van der Waals surface area (Å²) in [4.78, 5) is 0. The minimum absolute atomic E-state index is 1.08. The van der Waals surface area contributed by atoms with Crippen LogP contribution in [0.2, 0.25) is 39.3 Å². The lowest BCUT2D eigenvalue weighted by Crippen LogP contribution is -2.16. The minimum atomic E-state index is -1.23. The second-order valence-electron chi connectivity index (χ2n) is 5.47. The summed E-state index contributed by atoms with van der Waals surface area (Å²) in [6.07, 6.45) is 1.95. The summed E-state index contributed by atoms with van der Waals surface area (Å²) in [6.45, 7) is 13.5. The topological polar surface area (TPSA) is 0 Å². The first-order chi connectivity index (χ1) is 6.21. The maximum atomic E-state index is 3.21. The van der Waals surface area contributed by atoms with E-state index in [1.54, 1.807) is 0 Å². The Morgan fingerprint density at radius 3 is 1.86 bits per heavy atom. The van der Waals surface area contributed by atoms with Crippen LogP contribution in [0.1, 0.15) is 0 Å². The zero-order valence-electron chi connectivity index (χ0n) is 10.2. The van der Waals surface area contributed by atoms with Gasteiger partial charge in [0.2, 0.25) is 0 Å². The lowest BCUT2D eigenvalue weighted by Gasteiger charge is -2.05. The largest absolute Gasteiger partial charge is 0.130 e. The second-order valence-corrected chi connectivity index (χ2v) is 15.3. The normalized spacial score (nSPS) is 11.6. The van der Waals surface area contributed by atoms with Crippen molar-refractivity contribution < 1.29 is 0 Å². The molecule has 0 atom stereocenters. The average Bonchev–Trinajstić information content (AvgIpc) is 1.92. The molecule has 0 nitrogen and oxygen atoms in total. The zero-order chi connectivity index (χ0) is 11.2. The molecule has 0 radical (unpaired) electrons. The Hall–Kier alpha value is -0.706. The summed E-state index contributed by atoms with van der Waals surface area (Å²) in [6, 6.07) is 0. The van der Waals surface area contributed by atoms with Crippen LogP contribution < -0.4 is 0 Å². The molecule has 0 saturated carbocycles. The van der Waals surface area contributed by atoms with Crippen LogP contribution in [0.5, 0.6) is 0 Å². The molecule has 0 heterocycles. The lowest BCUT2D eigenvalue weighted by molar-refractivity contribution is 1.77. The van der Waals surface area contributed by atoms with Crippen LogP contribution in [0, 0.1) is 23.3 Å². The van der Waals surface area contributed by atoms with Gasteiger partial charge in [0, 0.05) is 0 Å². The Morgan fingerprint density at radius 2 is 1.43 bits per heavy atom. The molecule has 0 aromatic carbocycles. The van der Waals surface area contributed by atoms with Gasteiger partial charge < -0.3 is 0 Å². The Bertz CT molecular complexity index is 316. The molecule has 0 aliphatic rings. The van der Waals surface area contributed by atoms with Gasteiger partial charge in [-0.15, -0.1) is 5.54 Å². The number of rotatable bonds is 1. The van der Waals surface area contributed by atoms with E-state index in [4.69, 9.17) is 0 Å². The molecule has 0 N–H and O–H groups in total. The molecule has 0 aliphatic heterocycles. The van der Waals surface area contributed by atoms with Gasteiger partial charge in [-0.1, -0.05) is 50.9 Å². The van der Waals surface area contributed by atoms with Crippen molar-refractivity contribution in [2.75, 3.05) is 0 Å². The first-order valence-electron chi connectivity index (χ1n) is 4.91. The smallest absolute Gasteiger partial charge is 0.118 e. The number of allylic oxidation sites excluding steroid dienone is 1. The first-order valence-corrected chi connectivity index (χ1v) is 12.0. The second kappa shape index (κ2) is 5.24. The summed E-state index contributed by atoms with van der Waals surface area (Å²) < 4.78 is 0. The van der Waals surface area contributed by atoms with Crippen molar-refractivity contribution in [2.24, 2.45) is 0 Å². The van der Waals surface area contributed by atoms with Crippen molar-refractivity contribution in [3.63, 3.8) is 0 Å². The SMILES string of the molecule is C[Si](C)(C)C#CC#C/C=C/[Si](C)(C)C. The molecule has 0 spiro atoms. The Balaban J connectivity index is 4.21. The van der Waals surface area contributed by atoms with E-state index in [0.29, 0.717) is 0 Å². The van der Waals surface area contributed by atoms with Crippen LogP contribution in [-0.4, -0.2) is 16.1 Å². The van der Waals surface area contributed by atoms with E-state index in [9.17, 15) is 0 Å². The van der Waals surface area contributed by atoms with E-state index in [-0.39, 0.29) is 0 Å². The fourth-order valence-corrected chi connectivity index (χ4v) is 1.61. The predicted molar refractivity (Wildman–Crippen MR) is 71.4 cm³/mol. The average molecular weight is 220 g/mol. The fraction of sp³-hybridized carbons (Fsp3) is 0.500. The lowest BCUT2D eigenvalue weighted by atomic mass is 10.6. The van der Waals surface area contributed by atoms with Crippen LogP contribution >= 0.6 is 0 Å². The van der Waals surface area contributed by atoms with Crippen LogP contribution in [0.3, 0.4) is 0 Å². The summed E-state index contributed by atoms with van der Waals surface area (Å²) in [7, 11) is -2.31. The van der Waals surface area contributed by atoms with E-state index < -0.39 is 16.1 Å². The zero-order valence-corrected chi connectivity index (χ0v) is 12.2. The fourth-order valence-electron chi connectivity index (χ4n) is 0.588. The summed E-state index contributed by atoms with van der Waals surface area (Å²) in [5.41, 5.74) is 5.44. The van der Waals surface area contributed by atoms with E-state index in [1.165, 1.54) is 0 Å². The molecule has 0 aromatic rings. The summed E-state index contributed by atoms with van der Waals surface area (Å²) >= 11 is 0. The molecular formula is C12H20Si2. The van der Waals surface area contributed by atoms with Crippen LogP contribution in [-0.2, 0) is 0 Å². The third kappa shape index (κ3) is 11.3. The van der Waals surface area contributed by atoms with Crippen molar-refractivity contribution in [3.05, 3.63) is 11.8 Å². The molecule has 2 heteroatoms. The third-order valence-electron chi connectivity index (χ3n) is 1.24. The Labute approximate surface area is 90.8 Å². The molecule has 0 amide bonds. The van der Waals surface area contributed by atoms with Crippen LogP contribution in [0.4, 0.5) is 0 Å². The molecule has 0 unspecified atom stereocenters. The van der Waals surface area contributed by atoms with Crippen LogP contribution in [0.15, 0.2) is 11.8 Å². The molecule has 0 fully saturated rings. The highest BCUT2D eigenvalue weighted by Gasteiger charge is 2.06. The van der Waals surface area contributed by atoms with Crippen LogP contribution in [0.25, 0.3) is 0 Å². The number of hydrogen-bond donors (Lipinski definition) is 0. The molecule has 76 valence electrons. The molecule has 14 heavy (non-hydrogen) atoms. The van der Waals surface area contributed by atoms with Gasteiger partial charge in [0.05, 0.1) is 8.07 Å². The van der Waals surface area contributed by atoms with Crippen molar-refractivity contribution in [1.29, 1.82) is 0 Å². The standard InChI is InChI=1S/C12H20Si2/c1-13(2,3)11-9-7-8-10-12-14(4,5)6/h9,11H,1-6H3/b11-9+. The van der Waals surface area contributed by atoms with Gasteiger partial charge in [-0.2, -0.15) is 0 Å². The van der Waals surface area contributed by atoms with Gasteiger partial charge in [-0.05, 0) is 17.9 Å². The highest BCUT2D eigenvalue weighted by atomic mass is 28.3. The number of hydrogen-bond acceptors (Lipinski definition) is 0. The first kappa shape index (κ1) is 13.3. The van der Waals surface area contributed by atoms with E-state index >= 15 is 0 Å². The van der Waals surface area contributed by atoms with Gasteiger partial charge in [0.25, 0.3) is 0 Å². The molecule has 0 aliphatic carbocycles. The maximum absolute atomic E-state index is 3.21. The van der Waals surface area contributed by atoms with Crippen molar-refractivity contribution in [2.45, 2.75) is 39.3 Å². The van der Waals surface area contributed by atoms with Crippen molar-refractivity contribution in [1.82, 2.24) is 0 Å². The van der Waals surface area contributed by atoms with Gasteiger partial charge in [-0.3, -0.25) is 0 Å². The summed E-state index contributed by atoms with van der Waals surface area (Å²) in [5.74, 6) is 8.77. The Morgan fingerprint density at radius 1 is 0.857 bits per heavy atom. The van der Waals surface area contributed by atoms with Gasteiger partial charge in [-0.25, -0.2) is 0 Å². The van der Waals surface area contributed by atoms with Gasteiger partial charge >= 0.3 is 0 Å². The highest BCUT2D eigenvalue weighted by molar-refractivity contribution is 6.84. The molecule has 0 saturated heterocycles. The quantitative estimate of drug-likeness (QED) is 0.470. The third-order valence-corrected chi connectivity index (χ3v) is 3.28. The molecule has 0 bridgehead atoms. The van der Waals surface area contributed by atoms with E-state index in [2.05, 4.69) is 68.3 Å². The minimum Gasteiger partial charge on any atom is -0.118 e.